The highest BCUT2D eigenvalue weighted by atomic mass is 79.9. The molecule has 0 fully saturated rings. The van der Waals surface area contributed by atoms with Crippen molar-refractivity contribution in [3.8, 4) is 0 Å². The quantitative estimate of drug-likeness (QED) is 0.836. The number of nitrogens with zero attached hydrogens (tertiary/aromatic N) is 3. The van der Waals surface area contributed by atoms with Crippen LogP contribution in [0.2, 0.25) is 0 Å². The summed E-state index contributed by atoms with van der Waals surface area (Å²) in [5.74, 6) is -0.265. The van der Waals surface area contributed by atoms with Crippen LogP contribution in [-0.2, 0) is 6.54 Å². The Kier molecular flexibility index (Phi) is 4.28. The van der Waals surface area contributed by atoms with Gasteiger partial charge in [-0.25, -0.2) is 9.97 Å². The monoisotopic (exact) mass is 323 g/mol. The summed E-state index contributed by atoms with van der Waals surface area (Å²) in [6, 6.07) is 1.84. The molecule has 0 aromatic carbocycles. The van der Waals surface area contributed by atoms with Gasteiger partial charge < -0.3 is 15.6 Å². The molecule has 0 bridgehead atoms. The van der Waals surface area contributed by atoms with Gasteiger partial charge in [-0.15, -0.1) is 0 Å². The molecule has 0 aliphatic carbocycles. The summed E-state index contributed by atoms with van der Waals surface area (Å²) >= 11 is 3.31. The third kappa shape index (κ3) is 3.39. The van der Waals surface area contributed by atoms with Gasteiger partial charge in [0.1, 0.15) is 10.3 Å². The van der Waals surface area contributed by atoms with Crippen molar-refractivity contribution in [2.75, 3.05) is 11.9 Å². The molecule has 3 N–H and O–H groups in total. The number of hydrogen-bond donors (Lipinski definition) is 2. The molecule has 0 saturated heterocycles. The highest BCUT2D eigenvalue weighted by Gasteiger charge is 2.10. The largest absolute Gasteiger partial charge is 0.335 e. The lowest BCUT2D eigenvalue weighted by molar-refractivity contribution is 0.102. The molecule has 7 heteroatoms. The Bertz CT molecular complexity index is 596. The fraction of sp³-hybridized carbons (Fsp3) is 0.250. The number of hydrogen-bond acceptors (Lipinski definition) is 4. The number of nitrogens with two attached hydrogens (primary N) is 1. The maximum absolute atomic E-state index is 12.0. The highest BCUT2D eigenvalue weighted by Crippen LogP contribution is 2.17. The zero-order valence-electron chi connectivity index (χ0n) is 10.4. The molecule has 2 rings (SSSR count). The number of pyridine rings is 1. The summed E-state index contributed by atoms with van der Waals surface area (Å²) < 4.78 is 2.54. The number of amides is 1. The maximum atomic E-state index is 12.0. The maximum Gasteiger partial charge on any atom is 0.275 e. The highest BCUT2D eigenvalue weighted by molar-refractivity contribution is 9.10. The smallest absolute Gasteiger partial charge is 0.275 e. The number of imidazole rings is 1. The van der Waals surface area contributed by atoms with Gasteiger partial charge in [0.25, 0.3) is 5.91 Å². The Hall–Kier alpha value is -1.73. The number of anilines is 1. The molecule has 2 heterocycles. The zero-order valence-corrected chi connectivity index (χ0v) is 12.0. The van der Waals surface area contributed by atoms with Gasteiger partial charge in [-0.2, -0.15) is 0 Å². The van der Waals surface area contributed by atoms with Crippen LogP contribution in [0.4, 0.5) is 5.69 Å². The molecule has 100 valence electrons. The minimum absolute atomic E-state index is 0.265. The molecular formula is C12H14BrN5O. The zero-order chi connectivity index (χ0) is 13.8. The van der Waals surface area contributed by atoms with Crippen molar-refractivity contribution < 1.29 is 4.79 Å². The van der Waals surface area contributed by atoms with Crippen LogP contribution in [-0.4, -0.2) is 27.0 Å². The summed E-state index contributed by atoms with van der Waals surface area (Å²) in [6.45, 7) is 3.05. The fourth-order valence-corrected chi connectivity index (χ4v) is 1.79. The van der Waals surface area contributed by atoms with Crippen molar-refractivity contribution in [3.63, 3.8) is 0 Å². The van der Waals surface area contributed by atoms with E-state index in [1.165, 1.54) is 0 Å². The van der Waals surface area contributed by atoms with Crippen LogP contribution in [0.1, 0.15) is 16.1 Å². The molecule has 6 nitrogen and oxygen atoms in total. The van der Waals surface area contributed by atoms with Gasteiger partial charge in [0.05, 0.1) is 18.2 Å². The second kappa shape index (κ2) is 5.94. The van der Waals surface area contributed by atoms with Gasteiger partial charge >= 0.3 is 0 Å². The molecule has 2 aromatic rings. The van der Waals surface area contributed by atoms with Crippen molar-refractivity contribution in [3.05, 3.63) is 40.6 Å². The van der Waals surface area contributed by atoms with E-state index in [1.807, 2.05) is 13.0 Å². The molecule has 19 heavy (non-hydrogen) atoms. The second-order valence-electron chi connectivity index (χ2n) is 4.07. The minimum Gasteiger partial charge on any atom is -0.335 e. The predicted octanol–water partition coefficient (Wildman–Crippen LogP) is 1.56. The Morgan fingerprint density at radius 2 is 2.32 bits per heavy atom. The average molecular weight is 324 g/mol. The van der Waals surface area contributed by atoms with Crippen molar-refractivity contribution in [1.82, 2.24) is 14.5 Å². The molecule has 0 spiro atoms. The van der Waals surface area contributed by atoms with Crippen molar-refractivity contribution in [2.45, 2.75) is 13.5 Å². The van der Waals surface area contributed by atoms with Crippen molar-refractivity contribution >= 4 is 27.5 Å². The average Bonchev–Trinajstić information content (AvgIpc) is 2.83. The standard InChI is InChI=1S/C12H14BrN5O/c1-8-4-9(5-15-11(8)13)17-12(19)10-6-18(3-2-14)7-16-10/h4-7H,2-3,14H2,1H3,(H,17,19). The Morgan fingerprint density at radius 3 is 3.00 bits per heavy atom. The van der Waals surface area contributed by atoms with E-state index in [0.717, 1.165) is 10.2 Å². The van der Waals surface area contributed by atoms with Crippen molar-refractivity contribution in [1.29, 1.82) is 0 Å². The van der Waals surface area contributed by atoms with Crippen LogP contribution in [0.25, 0.3) is 0 Å². The molecule has 0 atom stereocenters. The molecule has 2 aromatic heterocycles. The van der Waals surface area contributed by atoms with Crippen LogP contribution in [0.3, 0.4) is 0 Å². The minimum atomic E-state index is -0.265. The lowest BCUT2D eigenvalue weighted by atomic mass is 10.3. The fourth-order valence-electron chi connectivity index (χ4n) is 1.57. The van der Waals surface area contributed by atoms with Crippen LogP contribution in [0.15, 0.2) is 29.4 Å². The number of halogens is 1. The molecule has 0 radical (unpaired) electrons. The molecule has 0 aliphatic rings. The Morgan fingerprint density at radius 1 is 1.53 bits per heavy atom. The summed E-state index contributed by atoms with van der Waals surface area (Å²) in [5.41, 5.74) is 7.38. The first-order valence-corrected chi connectivity index (χ1v) is 6.55. The predicted molar refractivity (Wildman–Crippen MR) is 75.9 cm³/mol. The van der Waals surface area contributed by atoms with E-state index in [4.69, 9.17) is 5.73 Å². The molecular weight excluding hydrogens is 310 g/mol. The van der Waals surface area contributed by atoms with Gasteiger partial charge in [0.15, 0.2) is 0 Å². The number of carbonyl (C=O) groups is 1. The number of aryl methyl sites for hydroxylation is 1. The normalized spacial score (nSPS) is 10.5. The SMILES string of the molecule is Cc1cc(NC(=O)c2cn(CCN)cn2)cnc1Br. The molecule has 0 aliphatic heterocycles. The van der Waals surface area contributed by atoms with Gasteiger partial charge in [0.2, 0.25) is 0 Å². The van der Waals surface area contributed by atoms with Gasteiger partial charge in [-0.1, -0.05) is 0 Å². The Balaban J connectivity index is 2.09. The third-order valence-corrected chi connectivity index (χ3v) is 3.36. The summed E-state index contributed by atoms with van der Waals surface area (Å²) in [6.07, 6.45) is 4.85. The van der Waals surface area contributed by atoms with E-state index in [0.29, 0.717) is 24.5 Å². The van der Waals surface area contributed by atoms with Gasteiger partial charge in [-0.05, 0) is 34.5 Å². The van der Waals surface area contributed by atoms with Crippen LogP contribution in [0, 0.1) is 6.92 Å². The first-order chi connectivity index (χ1) is 9.10. The first-order valence-electron chi connectivity index (χ1n) is 5.75. The van der Waals surface area contributed by atoms with Gasteiger partial charge in [-0.3, -0.25) is 4.79 Å². The topological polar surface area (TPSA) is 85.8 Å². The number of nitrogens with one attached hydrogen (secondary N) is 1. The summed E-state index contributed by atoms with van der Waals surface area (Å²) in [5, 5.41) is 2.75. The second-order valence-corrected chi connectivity index (χ2v) is 4.82. The lowest BCUT2D eigenvalue weighted by Gasteiger charge is -2.04. The van der Waals surface area contributed by atoms with Gasteiger partial charge in [0, 0.05) is 19.3 Å². The van der Waals surface area contributed by atoms with Crippen molar-refractivity contribution in [2.24, 2.45) is 5.73 Å². The molecule has 0 unspecified atom stereocenters. The summed E-state index contributed by atoms with van der Waals surface area (Å²) in [7, 11) is 0. The van der Waals surface area contributed by atoms with Crippen LogP contribution >= 0.6 is 15.9 Å². The van der Waals surface area contributed by atoms with E-state index >= 15 is 0 Å². The van der Waals surface area contributed by atoms with E-state index in [1.54, 1.807) is 23.3 Å². The summed E-state index contributed by atoms with van der Waals surface area (Å²) in [4.78, 5) is 20.1. The van der Waals surface area contributed by atoms with E-state index in [2.05, 4.69) is 31.2 Å². The number of aromatic nitrogens is 3. The number of carbonyl (C=O) groups excluding carboxylic acids is 1. The van der Waals surface area contributed by atoms with Crippen LogP contribution in [0.5, 0.6) is 0 Å². The van der Waals surface area contributed by atoms with E-state index in [9.17, 15) is 4.79 Å². The Labute approximate surface area is 119 Å². The third-order valence-electron chi connectivity index (χ3n) is 2.53. The lowest BCUT2D eigenvalue weighted by Crippen LogP contribution is -2.13. The van der Waals surface area contributed by atoms with E-state index in [-0.39, 0.29) is 5.91 Å². The molecule has 0 saturated carbocycles. The molecule has 1 amide bonds. The van der Waals surface area contributed by atoms with Crippen LogP contribution < -0.4 is 11.1 Å². The number of rotatable bonds is 4. The first kappa shape index (κ1) is 13.7. The van der Waals surface area contributed by atoms with E-state index < -0.39 is 0 Å².